The molecule has 6 rings (SSSR count). The number of aromatic hydroxyl groups is 1. The molecule has 0 radical (unpaired) electrons. The lowest BCUT2D eigenvalue weighted by Crippen LogP contribution is -2.46. The number of phenolic OH excluding ortho intramolecular Hbond substituents is 1. The van der Waals surface area contributed by atoms with E-state index in [9.17, 15) is 9.66 Å². The van der Waals surface area contributed by atoms with Crippen LogP contribution in [0.2, 0.25) is 10.0 Å². The molecule has 1 aromatic heterocycles. The minimum Gasteiger partial charge on any atom is -0.598 e. The SMILES string of the molecule is CC(C)(C)[S+]([O-])NC(c1cc(Cl)c(Cl)cc1O)C1CCN(c2ccn(C(c3ccccc3)(c3ccccc3)c3ccccc3)n2)CC1. The Kier molecular flexibility index (Phi) is 9.93. The summed E-state index contributed by atoms with van der Waals surface area (Å²) in [7, 11) is 0. The molecule has 2 atom stereocenters. The Morgan fingerprint density at radius 3 is 1.79 bits per heavy atom. The summed E-state index contributed by atoms with van der Waals surface area (Å²) >= 11 is 11.2. The van der Waals surface area contributed by atoms with Gasteiger partial charge in [0.25, 0.3) is 0 Å². The molecule has 4 aromatic carbocycles. The third kappa shape index (κ3) is 6.78. The number of phenols is 1. The summed E-state index contributed by atoms with van der Waals surface area (Å²) in [5.41, 5.74) is 3.28. The van der Waals surface area contributed by atoms with E-state index in [1.807, 2.05) is 39.0 Å². The van der Waals surface area contributed by atoms with E-state index in [1.54, 1.807) is 6.07 Å². The summed E-state index contributed by atoms with van der Waals surface area (Å²) < 4.78 is 18.3. The van der Waals surface area contributed by atoms with Gasteiger partial charge in [0.15, 0.2) is 5.82 Å². The summed E-state index contributed by atoms with van der Waals surface area (Å²) in [6.45, 7) is 7.29. The van der Waals surface area contributed by atoms with Crippen molar-refractivity contribution in [1.82, 2.24) is 14.5 Å². The van der Waals surface area contributed by atoms with E-state index in [0.717, 1.165) is 48.4 Å². The van der Waals surface area contributed by atoms with Crippen molar-refractivity contribution in [2.45, 2.75) is 49.9 Å². The van der Waals surface area contributed by atoms with Crippen LogP contribution in [0.1, 0.15) is 61.9 Å². The van der Waals surface area contributed by atoms with E-state index in [0.29, 0.717) is 10.6 Å². The maximum atomic E-state index is 13.3. The standard InChI is InChI=1S/C38H40Cl2N4O2S/c1-37(2,3)47(46)42-36(31-25-32(39)33(40)26-34(31)45)27-19-22-43(23-20-27)35-21-24-44(41-35)38(28-13-7-4-8-14-28,29-15-9-5-10-16-29)30-17-11-6-12-18-30/h4-18,21,24-27,36,42,45H,19-20,22-23H2,1-3H3. The minimum absolute atomic E-state index is 0.0445. The van der Waals surface area contributed by atoms with Crippen LogP contribution in [-0.2, 0) is 16.9 Å². The van der Waals surface area contributed by atoms with Gasteiger partial charge in [-0.15, -0.1) is 4.72 Å². The second kappa shape index (κ2) is 14.0. The molecule has 1 aliphatic heterocycles. The van der Waals surface area contributed by atoms with Gasteiger partial charge in [0, 0.05) is 48.3 Å². The van der Waals surface area contributed by atoms with E-state index in [4.69, 9.17) is 28.3 Å². The second-order valence-corrected chi connectivity index (χ2v) is 15.9. The van der Waals surface area contributed by atoms with Gasteiger partial charge >= 0.3 is 0 Å². The average molecular weight is 688 g/mol. The summed E-state index contributed by atoms with van der Waals surface area (Å²) in [5.74, 6) is 1.04. The summed E-state index contributed by atoms with van der Waals surface area (Å²) in [6.07, 6.45) is 3.68. The maximum absolute atomic E-state index is 13.3. The van der Waals surface area contributed by atoms with Gasteiger partial charge in [0.2, 0.25) is 0 Å². The first-order chi connectivity index (χ1) is 22.6. The number of nitrogens with one attached hydrogen (secondary N) is 1. The van der Waals surface area contributed by atoms with Crippen molar-refractivity contribution >= 4 is 40.4 Å². The summed E-state index contributed by atoms with van der Waals surface area (Å²) in [6, 6.07) is 36.5. The van der Waals surface area contributed by atoms with Gasteiger partial charge in [-0.1, -0.05) is 114 Å². The Bertz CT molecular complexity index is 1680. The number of hydrogen-bond donors (Lipinski definition) is 2. The fourth-order valence-electron chi connectivity index (χ4n) is 6.57. The fraction of sp³-hybridized carbons (Fsp3) is 0.289. The van der Waals surface area contributed by atoms with Gasteiger partial charge in [0.1, 0.15) is 16.0 Å². The van der Waals surface area contributed by atoms with Crippen LogP contribution in [0.4, 0.5) is 5.82 Å². The third-order valence-corrected chi connectivity index (χ3v) is 11.3. The number of anilines is 1. The van der Waals surface area contributed by atoms with E-state index in [1.165, 1.54) is 6.07 Å². The first-order valence-electron chi connectivity index (χ1n) is 15.9. The molecule has 0 saturated carbocycles. The van der Waals surface area contributed by atoms with Gasteiger partial charge in [0.05, 0.1) is 16.1 Å². The molecule has 0 aliphatic carbocycles. The van der Waals surface area contributed by atoms with Gasteiger partial charge in [-0.3, -0.25) is 4.68 Å². The van der Waals surface area contributed by atoms with E-state index in [2.05, 4.69) is 99.4 Å². The molecule has 244 valence electrons. The summed E-state index contributed by atoms with van der Waals surface area (Å²) in [5, 5.41) is 16.8. The molecule has 9 heteroatoms. The fourth-order valence-corrected chi connectivity index (χ4v) is 7.81. The number of rotatable bonds is 9. The molecule has 2 heterocycles. The van der Waals surface area contributed by atoms with Crippen LogP contribution in [0.25, 0.3) is 0 Å². The predicted molar refractivity (Wildman–Crippen MR) is 194 cm³/mol. The average Bonchev–Trinajstić information content (AvgIpc) is 3.57. The highest BCUT2D eigenvalue weighted by atomic mass is 35.5. The van der Waals surface area contributed by atoms with E-state index >= 15 is 0 Å². The van der Waals surface area contributed by atoms with Crippen molar-refractivity contribution < 1.29 is 9.66 Å². The molecule has 1 fully saturated rings. The van der Waals surface area contributed by atoms with Crippen LogP contribution >= 0.6 is 23.2 Å². The number of hydrogen-bond acceptors (Lipinski definition) is 5. The van der Waals surface area contributed by atoms with Crippen LogP contribution in [0.15, 0.2) is 115 Å². The molecular weight excluding hydrogens is 647 g/mol. The Hall–Kier alpha value is -3.46. The predicted octanol–water partition coefficient (Wildman–Crippen LogP) is 8.75. The molecule has 5 aromatic rings. The lowest BCUT2D eigenvalue weighted by Gasteiger charge is -2.38. The lowest BCUT2D eigenvalue weighted by molar-refractivity contribution is 0.316. The van der Waals surface area contributed by atoms with Crippen molar-refractivity contribution in [3.8, 4) is 5.75 Å². The Morgan fingerprint density at radius 2 is 1.30 bits per heavy atom. The first-order valence-corrected chi connectivity index (χ1v) is 17.8. The molecule has 47 heavy (non-hydrogen) atoms. The Morgan fingerprint density at radius 1 is 0.809 bits per heavy atom. The quantitative estimate of drug-likeness (QED) is 0.120. The number of nitrogens with zero attached hydrogens (tertiary/aromatic N) is 3. The van der Waals surface area contributed by atoms with Crippen LogP contribution < -0.4 is 9.62 Å². The molecule has 0 bridgehead atoms. The zero-order valence-corrected chi connectivity index (χ0v) is 29.1. The number of aromatic nitrogens is 2. The van der Waals surface area contributed by atoms with E-state index in [-0.39, 0.29) is 22.7 Å². The molecule has 6 nitrogen and oxygen atoms in total. The second-order valence-electron chi connectivity index (χ2n) is 13.1. The highest BCUT2D eigenvalue weighted by molar-refractivity contribution is 7.90. The smallest absolute Gasteiger partial charge is 0.150 e. The number of benzene rings is 4. The molecule has 1 aliphatic rings. The van der Waals surface area contributed by atoms with Crippen LogP contribution in [0.5, 0.6) is 5.75 Å². The highest BCUT2D eigenvalue weighted by Gasteiger charge is 2.40. The van der Waals surface area contributed by atoms with Gasteiger partial charge in [-0.25, -0.2) is 0 Å². The first kappa shape index (κ1) is 33.4. The van der Waals surface area contributed by atoms with Crippen LogP contribution in [0, 0.1) is 5.92 Å². The van der Waals surface area contributed by atoms with Crippen molar-refractivity contribution in [3.63, 3.8) is 0 Å². The molecule has 1 saturated heterocycles. The largest absolute Gasteiger partial charge is 0.598 e. The third-order valence-electron chi connectivity index (χ3n) is 9.02. The monoisotopic (exact) mass is 686 g/mol. The highest BCUT2D eigenvalue weighted by Crippen LogP contribution is 2.43. The Labute approximate surface area is 290 Å². The minimum atomic E-state index is -1.36. The Balaban J connectivity index is 1.32. The molecule has 0 spiro atoms. The zero-order chi connectivity index (χ0) is 33.2. The van der Waals surface area contributed by atoms with Crippen molar-refractivity contribution in [2.24, 2.45) is 5.92 Å². The normalized spacial score (nSPS) is 15.8. The van der Waals surface area contributed by atoms with Gasteiger partial charge in [-0.2, -0.15) is 5.10 Å². The number of halogens is 2. The molecular formula is C38H40Cl2N4O2S. The summed E-state index contributed by atoms with van der Waals surface area (Å²) in [4.78, 5) is 2.31. The molecule has 2 N–H and O–H groups in total. The van der Waals surface area contributed by atoms with Crippen molar-refractivity contribution in [2.75, 3.05) is 18.0 Å². The zero-order valence-electron chi connectivity index (χ0n) is 26.8. The van der Waals surface area contributed by atoms with Crippen molar-refractivity contribution in [1.29, 1.82) is 0 Å². The van der Waals surface area contributed by atoms with E-state index < -0.39 is 21.6 Å². The molecule has 2 unspecified atom stereocenters. The van der Waals surface area contributed by atoms with Gasteiger partial charge in [-0.05, 0) is 62.3 Å². The van der Waals surface area contributed by atoms with Crippen LogP contribution in [0.3, 0.4) is 0 Å². The van der Waals surface area contributed by atoms with Crippen molar-refractivity contribution in [3.05, 3.63) is 148 Å². The lowest BCUT2D eigenvalue weighted by atomic mass is 9.77. The van der Waals surface area contributed by atoms with Crippen LogP contribution in [-0.4, -0.2) is 37.3 Å². The number of piperidine rings is 1. The van der Waals surface area contributed by atoms with Gasteiger partial charge < -0.3 is 14.6 Å². The topological polar surface area (TPSA) is 76.4 Å². The maximum Gasteiger partial charge on any atom is 0.150 e. The molecule has 0 amide bonds.